The maximum Gasteiger partial charge on any atom is 0.434 e. The summed E-state index contributed by atoms with van der Waals surface area (Å²) in [6.07, 6.45) is -2.91. The zero-order chi connectivity index (χ0) is 14.8. The van der Waals surface area contributed by atoms with E-state index < -0.39 is 33.0 Å². The molecule has 0 aliphatic rings. The Labute approximate surface area is 116 Å². The van der Waals surface area contributed by atoms with Gasteiger partial charge in [0.05, 0.1) is 11.2 Å². The maximum absolute atomic E-state index is 12.5. The van der Waals surface area contributed by atoms with Crippen LogP contribution in [-0.2, 0) is 17.5 Å². The van der Waals surface area contributed by atoms with E-state index in [1.165, 1.54) is 0 Å². The Bertz CT molecular complexity index is 488. The van der Waals surface area contributed by atoms with E-state index in [0.717, 1.165) is 12.4 Å². The summed E-state index contributed by atoms with van der Waals surface area (Å²) in [5, 5.41) is -0.596. The molecule has 9 heteroatoms. The molecule has 0 saturated carbocycles. The molecule has 1 aromatic rings. The average molecular weight is 314 g/mol. The fourth-order valence-electron chi connectivity index (χ4n) is 0.895. The lowest BCUT2D eigenvalue weighted by atomic mass is 10.3. The number of alkyl halides is 3. The normalized spacial score (nSPS) is 14.9. The molecule has 1 aromatic heterocycles. The molecule has 1 rings (SSSR count). The predicted octanol–water partition coefficient (Wildman–Crippen LogP) is 3.03. The van der Waals surface area contributed by atoms with Gasteiger partial charge in [0, 0.05) is 0 Å². The van der Waals surface area contributed by atoms with Gasteiger partial charge >= 0.3 is 6.18 Å². The minimum Gasteiger partial charge on any atom is -0.591 e. The Morgan fingerprint density at radius 1 is 1.37 bits per heavy atom. The van der Waals surface area contributed by atoms with Gasteiger partial charge in [-0.15, -0.1) is 0 Å². The van der Waals surface area contributed by atoms with Crippen LogP contribution in [-0.4, -0.2) is 25.5 Å². The van der Waals surface area contributed by atoms with E-state index >= 15 is 0 Å². The molecule has 0 saturated heterocycles. The highest BCUT2D eigenvalue weighted by Crippen LogP contribution is 2.32. The van der Waals surface area contributed by atoms with Crippen LogP contribution < -0.4 is 0 Å². The molecule has 0 amide bonds. The summed E-state index contributed by atoms with van der Waals surface area (Å²) < 4.78 is 52.2. The van der Waals surface area contributed by atoms with Crippen molar-refractivity contribution in [1.82, 2.24) is 9.97 Å². The molecule has 0 spiro atoms. The molecule has 0 N–H and O–H groups in total. The van der Waals surface area contributed by atoms with Gasteiger partial charge in [-0.25, -0.2) is 9.97 Å². The van der Waals surface area contributed by atoms with E-state index in [1.807, 2.05) is 0 Å². The number of hydrogen-bond donors (Lipinski definition) is 0. The quantitative estimate of drug-likeness (QED) is 0.623. The largest absolute Gasteiger partial charge is 0.591 e. The molecule has 0 aromatic carbocycles. The van der Waals surface area contributed by atoms with Crippen molar-refractivity contribution < 1.29 is 17.7 Å². The molecule has 106 valence electrons. The van der Waals surface area contributed by atoms with Crippen LogP contribution in [0.4, 0.5) is 13.2 Å². The molecular formula is C10H11ClF3N3OS. The molecule has 0 aliphatic heterocycles. The lowest BCUT2D eigenvalue weighted by Gasteiger charge is -2.17. The lowest BCUT2D eigenvalue weighted by molar-refractivity contribution is -0.141. The monoisotopic (exact) mass is 313 g/mol. The van der Waals surface area contributed by atoms with Gasteiger partial charge in [0.2, 0.25) is 0 Å². The SMILES string of the molecule is CC(C)(C)[S@@+]([O-])N=Cc1ncc(Cl)c(C(F)(F)F)n1. The predicted molar refractivity (Wildman–Crippen MR) is 67.5 cm³/mol. The first-order valence-corrected chi connectivity index (χ1v) is 6.56. The summed E-state index contributed by atoms with van der Waals surface area (Å²) in [6, 6.07) is 0. The molecule has 0 radical (unpaired) electrons. The highest BCUT2D eigenvalue weighted by atomic mass is 35.5. The Balaban J connectivity index is 3.02. The summed E-state index contributed by atoms with van der Waals surface area (Å²) in [5.74, 6) is -0.297. The van der Waals surface area contributed by atoms with Crippen LogP contribution in [0.5, 0.6) is 0 Å². The van der Waals surface area contributed by atoms with Crippen LogP contribution in [0.3, 0.4) is 0 Å². The third-order valence-electron chi connectivity index (χ3n) is 1.82. The van der Waals surface area contributed by atoms with Gasteiger partial charge in [0.1, 0.15) is 22.3 Å². The summed E-state index contributed by atoms with van der Waals surface area (Å²) >= 11 is 3.77. The first-order chi connectivity index (χ1) is 8.51. The van der Waals surface area contributed by atoms with Gasteiger partial charge in [-0.3, -0.25) is 0 Å². The fourth-order valence-corrected chi connectivity index (χ4v) is 1.60. The number of halogens is 4. The standard InChI is InChI=1S/C10H11ClF3N3OS/c1-9(2,3)19(18)16-5-7-15-4-6(11)8(17-7)10(12,13)14/h4-5H,1-3H3/t19-/m1/s1. The number of hydrogen-bond acceptors (Lipinski definition) is 4. The van der Waals surface area contributed by atoms with Crippen LogP contribution >= 0.6 is 11.6 Å². The minimum absolute atomic E-state index is 0.297. The van der Waals surface area contributed by atoms with Gasteiger partial charge in [-0.2, -0.15) is 13.2 Å². The zero-order valence-electron chi connectivity index (χ0n) is 10.3. The second-order valence-electron chi connectivity index (χ2n) is 4.52. The highest BCUT2D eigenvalue weighted by Gasteiger charge is 2.35. The van der Waals surface area contributed by atoms with Gasteiger partial charge in [-0.05, 0) is 20.8 Å². The van der Waals surface area contributed by atoms with Crippen molar-refractivity contribution in [2.24, 2.45) is 4.40 Å². The summed E-state index contributed by atoms with van der Waals surface area (Å²) in [4.78, 5) is 6.83. The van der Waals surface area contributed by atoms with Crippen molar-refractivity contribution in [2.45, 2.75) is 31.7 Å². The molecule has 1 atom stereocenters. The third kappa shape index (κ3) is 4.63. The highest BCUT2D eigenvalue weighted by molar-refractivity contribution is 7.91. The average Bonchev–Trinajstić information content (AvgIpc) is 2.24. The van der Waals surface area contributed by atoms with Crippen molar-refractivity contribution in [3.05, 3.63) is 22.7 Å². The summed E-state index contributed by atoms with van der Waals surface area (Å²) in [5.41, 5.74) is -1.24. The molecular weight excluding hydrogens is 303 g/mol. The second kappa shape index (κ2) is 5.64. The van der Waals surface area contributed by atoms with Gasteiger partial charge in [0.15, 0.2) is 11.5 Å². The Morgan fingerprint density at radius 2 is 1.95 bits per heavy atom. The second-order valence-corrected chi connectivity index (χ2v) is 6.86. The van der Waals surface area contributed by atoms with Crippen molar-refractivity contribution in [2.75, 3.05) is 0 Å². The lowest BCUT2D eigenvalue weighted by Crippen LogP contribution is -2.26. The van der Waals surface area contributed by atoms with Gasteiger partial charge < -0.3 is 4.55 Å². The van der Waals surface area contributed by atoms with Crippen LogP contribution in [0, 0.1) is 0 Å². The van der Waals surface area contributed by atoms with Gasteiger partial charge in [0.25, 0.3) is 0 Å². The van der Waals surface area contributed by atoms with Crippen molar-refractivity contribution >= 4 is 29.2 Å². The van der Waals surface area contributed by atoms with E-state index in [-0.39, 0.29) is 5.82 Å². The zero-order valence-corrected chi connectivity index (χ0v) is 11.9. The summed E-state index contributed by atoms with van der Waals surface area (Å²) in [7, 11) is 0. The fraction of sp³-hybridized carbons (Fsp3) is 0.500. The third-order valence-corrected chi connectivity index (χ3v) is 3.44. The molecule has 0 aliphatic carbocycles. The summed E-state index contributed by atoms with van der Waals surface area (Å²) in [6.45, 7) is 5.05. The first-order valence-electron chi connectivity index (χ1n) is 5.07. The Morgan fingerprint density at radius 3 is 2.42 bits per heavy atom. The van der Waals surface area contributed by atoms with Crippen LogP contribution in [0.1, 0.15) is 32.3 Å². The first kappa shape index (κ1) is 16.2. The number of aromatic nitrogens is 2. The molecule has 4 nitrogen and oxygen atoms in total. The van der Waals surface area contributed by atoms with Crippen molar-refractivity contribution in [3.63, 3.8) is 0 Å². The molecule has 0 bridgehead atoms. The van der Waals surface area contributed by atoms with E-state index in [9.17, 15) is 17.7 Å². The maximum atomic E-state index is 12.5. The number of rotatable bonds is 2. The molecule has 0 fully saturated rings. The van der Waals surface area contributed by atoms with E-state index in [1.54, 1.807) is 20.8 Å². The van der Waals surface area contributed by atoms with Gasteiger partial charge in [-0.1, -0.05) is 16.0 Å². The van der Waals surface area contributed by atoms with E-state index in [2.05, 4.69) is 14.4 Å². The molecule has 19 heavy (non-hydrogen) atoms. The van der Waals surface area contributed by atoms with Crippen LogP contribution in [0.25, 0.3) is 0 Å². The van der Waals surface area contributed by atoms with Crippen molar-refractivity contribution in [3.8, 4) is 0 Å². The topological polar surface area (TPSA) is 61.2 Å². The number of nitrogens with zero attached hydrogens (tertiary/aromatic N) is 3. The van der Waals surface area contributed by atoms with Crippen LogP contribution in [0.15, 0.2) is 10.6 Å². The Kier molecular flexibility index (Phi) is 4.81. The molecule has 0 unspecified atom stereocenters. The minimum atomic E-state index is -4.67. The van der Waals surface area contributed by atoms with Crippen LogP contribution in [0.2, 0.25) is 5.02 Å². The Hall–Kier alpha value is -0.860. The van der Waals surface area contributed by atoms with E-state index in [4.69, 9.17) is 11.6 Å². The smallest absolute Gasteiger partial charge is 0.434 e. The van der Waals surface area contributed by atoms with E-state index in [0.29, 0.717) is 0 Å². The van der Waals surface area contributed by atoms with Crippen molar-refractivity contribution in [1.29, 1.82) is 0 Å². The molecule has 1 heterocycles.